The van der Waals surface area contributed by atoms with E-state index in [1.54, 1.807) is 48.5 Å². The Hall–Kier alpha value is -2.54. The fourth-order valence-electron chi connectivity index (χ4n) is 2.36. The predicted octanol–water partition coefficient (Wildman–Crippen LogP) is 4.67. The lowest BCUT2D eigenvalue weighted by Crippen LogP contribution is -2.20. The highest BCUT2D eigenvalue weighted by atomic mass is 35.5. The van der Waals surface area contributed by atoms with Gasteiger partial charge in [0.2, 0.25) is 0 Å². The molecule has 0 amide bonds. The summed E-state index contributed by atoms with van der Waals surface area (Å²) in [5.41, 5.74) is 1.93. The first kappa shape index (κ1) is 18.3. The van der Waals surface area contributed by atoms with Crippen LogP contribution in [0.15, 0.2) is 77.7 Å². The molecule has 3 aromatic rings. The van der Waals surface area contributed by atoms with Gasteiger partial charge < -0.3 is 15.0 Å². The van der Waals surface area contributed by atoms with E-state index in [9.17, 15) is 13.9 Å². The summed E-state index contributed by atoms with van der Waals surface area (Å²) < 4.78 is 27.3. The quantitative estimate of drug-likeness (QED) is 0.535. The second-order valence-electron chi connectivity index (χ2n) is 5.62. The Bertz CT molecular complexity index is 933. The highest BCUT2D eigenvalue weighted by Crippen LogP contribution is 2.24. The lowest BCUT2D eigenvalue weighted by Gasteiger charge is -2.16. The third-order valence-corrected chi connectivity index (χ3v) is 5.35. The Morgan fingerprint density at radius 1 is 0.962 bits per heavy atom. The van der Waals surface area contributed by atoms with Crippen LogP contribution in [0.5, 0.6) is 5.75 Å². The predicted molar refractivity (Wildman–Crippen MR) is 104 cm³/mol. The zero-order chi connectivity index (χ0) is 18.6. The smallest absolute Gasteiger partial charge is 0.180 e. The van der Waals surface area contributed by atoms with Gasteiger partial charge in [0.15, 0.2) is 15.3 Å². The van der Waals surface area contributed by atoms with E-state index in [0.717, 1.165) is 5.69 Å². The molecule has 0 saturated heterocycles. The van der Waals surface area contributed by atoms with Crippen LogP contribution in [0, 0.1) is 0 Å². The summed E-state index contributed by atoms with van der Waals surface area (Å²) in [5.74, 6) is 0.108. The van der Waals surface area contributed by atoms with Crippen LogP contribution in [0.4, 0.5) is 11.4 Å². The molecule has 5 nitrogen and oxygen atoms in total. The maximum atomic E-state index is 12.4. The first-order chi connectivity index (χ1) is 12.4. The highest BCUT2D eigenvalue weighted by molar-refractivity contribution is 7.98. The molecular formula is C19H17ClN2O3S. The summed E-state index contributed by atoms with van der Waals surface area (Å²) in [6, 6.07) is 20.0. The minimum atomic E-state index is -3.64. The van der Waals surface area contributed by atoms with Crippen molar-refractivity contribution in [2.75, 3.05) is 10.0 Å². The van der Waals surface area contributed by atoms with Crippen molar-refractivity contribution in [3.8, 4) is 5.75 Å². The van der Waals surface area contributed by atoms with Crippen molar-refractivity contribution in [3.63, 3.8) is 0 Å². The van der Waals surface area contributed by atoms with Gasteiger partial charge in [0.1, 0.15) is 5.75 Å². The molecule has 0 aliphatic carbocycles. The van der Waals surface area contributed by atoms with Crippen LogP contribution in [0.2, 0.25) is 5.02 Å². The maximum absolute atomic E-state index is 12.4. The summed E-state index contributed by atoms with van der Waals surface area (Å²) in [6.07, 6.45) is 0. The average molecular weight is 389 g/mol. The van der Waals surface area contributed by atoms with Crippen LogP contribution in [0.1, 0.15) is 5.56 Å². The van der Waals surface area contributed by atoms with Crippen molar-refractivity contribution in [3.05, 3.63) is 83.4 Å². The number of hydrogen-bond acceptors (Lipinski definition) is 4. The van der Waals surface area contributed by atoms with Crippen molar-refractivity contribution in [1.82, 2.24) is 0 Å². The van der Waals surface area contributed by atoms with Crippen LogP contribution in [0.25, 0.3) is 0 Å². The van der Waals surface area contributed by atoms with Gasteiger partial charge in [-0.25, -0.2) is 4.72 Å². The van der Waals surface area contributed by atoms with E-state index < -0.39 is 10.4 Å². The monoisotopic (exact) mass is 388 g/mol. The Labute approximate surface area is 158 Å². The van der Waals surface area contributed by atoms with Gasteiger partial charge in [-0.3, -0.25) is 0 Å². The van der Waals surface area contributed by atoms with Crippen molar-refractivity contribution in [1.29, 1.82) is 0 Å². The summed E-state index contributed by atoms with van der Waals surface area (Å²) in [5, 5.41) is 13.4. The van der Waals surface area contributed by atoms with Crippen LogP contribution in [-0.4, -0.2) is 9.66 Å². The number of anilines is 2. The number of rotatable bonds is 6. The molecule has 1 atom stereocenters. The lowest BCUT2D eigenvalue weighted by molar-refractivity contribution is 0.469. The number of nitrogens with one attached hydrogen (secondary N) is 2. The number of sulfonamides is 1. The lowest BCUT2D eigenvalue weighted by atomic mass is 10.2. The van der Waals surface area contributed by atoms with Crippen molar-refractivity contribution in [2.24, 2.45) is 0 Å². The van der Waals surface area contributed by atoms with E-state index in [1.165, 1.54) is 18.2 Å². The number of phenols is 1. The molecule has 3 aromatic carbocycles. The maximum Gasteiger partial charge on any atom is 0.180 e. The summed E-state index contributed by atoms with van der Waals surface area (Å²) >= 11 is 5.81. The van der Waals surface area contributed by atoms with Crippen molar-refractivity contribution in [2.45, 2.75) is 11.4 Å². The number of halogens is 1. The molecular weight excluding hydrogens is 372 g/mol. The van der Waals surface area contributed by atoms with E-state index in [-0.39, 0.29) is 10.6 Å². The van der Waals surface area contributed by atoms with E-state index >= 15 is 0 Å². The SMILES string of the molecule is O=[S+]([O-])(Nc1ccccc1)c1ccc(NCc2ccc(Cl)cc2O)cc1. The Morgan fingerprint density at radius 3 is 2.31 bits per heavy atom. The molecule has 134 valence electrons. The molecule has 3 N–H and O–H groups in total. The van der Waals surface area contributed by atoms with E-state index in [4.69, 9.17) is 11.6 Å². The molecule has 0 spiro atoms. The zero-order valence-corrected chi connectivity index (χ0v) is 15.3. The van der Waals surface area contributed by atoms with Crippen LogP contribution >= 0.6 is 11.6 Å². The second-order valence-corrected chi connectivity index (χ2v) is 7.74. The Balaban J connectivity index is 1.67. The van der Waals surface area contributed by atoms with Gasteiger partial charge in [-0.2, -0.15) is 0 Å². The first-order valence-electron chi connectivity index (χ1n) is 7.83. The molecule has 0 heterocycles. The molecule has 0 saturated carbocycles. The Morgan fingerprint density at radius 2 is 1.65 bits per heavy atom. The molecule has 0 fully saturated rings. The molecule has 0 aliphatic heterocycles. The van der Waals surface area contributed by atoms with Gasteiger partial charge in [-0.1, -0.05) is 40.1 Å². The number of para-hydroxylation sites is 1. The van der Waals surface area contributed by atoms with Crippen LogP contribution in [-0.2, 0) is 21.2 Å². The standard InChI is InChI=1S/C19H17ClN2O3S/c20-15-7-6-14(19(23)12-15)13-21-16-8-10-18(11-9-16)26(24,25)22-17-4-2-1-3-5-17/h1-12H,13H2,(H3-,21,22,23,24,25). The fraction of sp³-hybridized carbons (Fsp3) is 0.0526. The molecule has 0 radical (unpaired) electrons. The molecule has 0 aromatic heterocycles. The first-order valence-corrected chi connectivity index (χ1v) is 9.69. The molecule has 0 bridgehead atoms. The molecule has 1 unspecified atom stereocenters. The highest BCUT2D eigenvalue weighted by Gasteiger charge is 2.19. The summed E-state index contributed by atoms with van der Waals surface area (Å²) in [7, 11) is -3.64. The van der Waals surface area contributed by atoms with Crippen LogP contribution < -0.4 is 10.0 Å². The number of aromatic hydroxyl groups is 1. The number of benzene rings is 3. The second kappa shape index (κ2) is 7.78. The van der Waals surface area contributed by atoms with Gasteiger partial charge in [-0.15, -0.1) is 0 Å². The number of phenolic OH excluding ortho intramolecular Hbond substituents is 1. The third-order valence-electron chi connectivity index (χ3n) is 3.72. The topological polar surface area (TPSA) is 84.4 Å². The normalized spacial score (nSPS) is 13.0. The van der Waals surface area contributed by atoms with Gasteiger partial charge in [0, 0.05) is 22.8 Å². The van der Waals surface area contributed by atoms with Gasteiger partial charge in [0.25, 0.3) is 0 Å². The zero-order valence-electron chi connectivity index (χ0n) is 13.7. The minimum Gasteiger partial charge on any atom is -0.588 e. The molecule has 3 rings (SSSR count). The van der Waals surface area contributed by atoms with Crippen molar-refractivity contribution >= 4 is 33.4 Å². The molecule has 0 aliphatic rings. The fourth-order valence-corrected chi connectivity index (χ4v) is 3.58. The summed E-state index contributed by atoms with van der Waals surface area (Å²) in [6.45, 7) is 0.386. The van der Waals surface area contributed by atoms with Gasteiger partial charge in [0.05, 0.1) is 5.69 Å². The minimum absolute atomic E-state index is 0.108. The molecule has 7 heteroatoms. The van der Waals surface area contributed by atoms with Crippen molar-refractivity contribution < 1.29 is 13.9 Å². The van der Waals surface area contributed by atoms with Gasteiger partial charge in [-0.05, 0) is 48.5 Å². The number of hydrogen-bond donors (Lipinski definition) is 3. The Kier molecular flexibility index (Phi) is 5.46. The van der Waals surface area contributed by atoms with E-state index in [1.807, 2.05) is 6.07 Å². The third kappa shape index (κ3) is 4.54. The average Bonchev–Trinajstić information content (AvgIpc) is 2.62. The van der Waals surface area contributed by atoms with Crippen LogP contribution in [0.3, 0.4) is 0 Å². The largest absolute Gasteiger partial charge is 0.588 e. The van der Waals surface area contributed by atoms with E-state index in [2.05, 4.69) is 10.0 Å². The molecule has 26 heavy (non-hydrogen) atoms. The van der Waals surface area contributed by atoms with Gasteiger partial charge >= 0.3 is 0 Å². The van der Waals surface area contributed by atoms with E-state index in [0.29, 0.717) is 22.8 Å². The summed E-state index contributed by atoms with van der Waals surface area (Å²) in [4.78, 5) is 0.168.